The maximum atomic E-state index is 13.4. The maximum Gasteiger partial charge on any atom is 0.220 e. The average molecular weight is 371 g/mol. The van der Waals surface area contributed by atoms with Crippen molar-refractivity contribution in [3.63, 3.8) is 0 Å². The monoisotopic (exact) mass is 371 g/mol. The second kappa shape index (κ2) is 7.40. The molecule has 1 atom stereocenters. The minimum absolute atomic E-state index is 0.0516. The standard InChI is InChI=1S/C20H26FN5O/c1-24-9-10-25(15-20(24)6-5-19(27)22-8-7-20)13-16-12-23-26(14-16)18-4-2-3-17(21)11-18/h2-4,11-12,14H,5-10,13,15H2,1H3,(H,22,27). The van der Waals surface area contributed by atoms with E-state index in [4.69, 9.17) is 0 Å². The summed E-state index contributed by atoms with van der Waals surface area (Å²) in [6, 6.07) is 6.46. The molecular formula is C20H26FN5O. The van der Waals surface area contributed by atoms with Crippen LogP contribution in [0.5, 0.6) is 0 Å². The molecule has 0 aliphatic carbocycles. The van der Waals surface area contributed by atoms with Crippen LogP contribution < -0.4 is 5.32 Å². The summed E-state index contributed by atoms with van der Waals surface area (Å²) in [5.74, 6) is -0.101. The van der Waals surface area contributed by atoms with Crippen molar-refractivity contribution >= 4 is 5.91 Å². The normalized spacial score (nSPS) is 24.7. The Labute approximate surface area is 158 Å². The highest BCUT2D eigenvalue weighted by Crippen LogP contribution is 2.31. The van der Waals surface area contributed by atoms with Crippen molar-refractivity contribution in [2.24, 2.45) is 0 Å². The zero-order valence-corrected chi connectivity index (χ0v) is 15.7. The van der Waals surface area contributed by atoms with Gasteiger partial charge in [-0.1, -0.05) is 6.07 Å². The van der Waals surface area contributed by atoms with Gasteiger partial charge < -0.3 is 5.32 Å². The van der Waals surface area contributed by atoms with Crippen molar-refractivity contribution in [3.8, 4) is 5.69 Å². The number of benzene rings is 1. The number of rotatable bonds is 3. The molecule has 1 aromatic heterocycles. The summed E-state index contributed by atoms with van der Waals surface area (Å²) in [7, 11) is 2.18. The maximum absolute atomic E-state index is 13.4. The first kappa shape index (κ1) is 18.1. The van der Waals surface area contributed by atoms with E-state index in [-0.39, 0.29) is 17.3 Å². The summed E-state index contributed by atoms with van der Waals surface area (Å²) in [5, 5.41) is 7.39. The average Bonchev–Trinajstić information content (AvgIpc) is 3.03. The molecule has 0 radical (unpaired) electrons. The fraction of sp³-hybridized carbons (Fsp3) is 0.500. The molecule has 4 rings (SSSR count). The second-order valence-electron chi connectivity index (χ2n) is 7.73. The fourth-order valence-corrected chi connectivity index (χ4v) is 4.27. The molecule has 1 spiro atoms. The van der Waals surface area contributed by atoms with Gasteiger partial charge in [-0.3, -0.25) is 14.6 Å². The van der Waals surface area contributed by atoms with Gasteiger partial charge in [0.2, 0.25) is 5.91 Å². The van der Waals surface area contributed by atoms with Crippen LogP contribution in [-0.2, 0) is 11.3 Å². The third-order valence-corrected chi connectivity index (χ3v) is 5.92. The molecule has 2 saturated heterocycles. The Morgan fingerprint density at radius 2 is 2.19 bits per heavy atom. The Morgan fingerprint density at radius 1 is 1.30 bits per heavy atom. The van der Waals surface area contributed by atoms with Crippen LogP contribution in [0.3, 0.4) is 0 Å². The first-order valence-corrected chi connectivity index (χ1v) is 9.54. The molecule has 2 aromatic rings. The first-order chi connectivity index (χ1) is 13.0. The molecule has 2 fully saturated rings. The Morgan fingerprint density at radius 3 is 3.04 bits per heavy atom. The molecule has 7 heteroatoms. The molecule has 27 heavy (non-hydrogen) atoms. The number of aromatic nitrogens is 2. The van der Waals surface area contributed by atoms with E-state index >= 15 is 0 Å². The molecule has 1 aromatic carbocycles. The van der Waals surface area contributed by atoms with Crippen LogP contribution in [-0.4, -0.2) is 64.3 Å². The van der Waals surface area contributed by atoms with Crippen molar-refractivity contribution in [1.82, 2.24) is 24.9 Å². The van der Waals surface area contributed by atoms with Gasteiger partial charge in [-0.15, -0.1) is 0 Å². The van der Waals surface area contributed by atoms with Crippen molar-refractivity contribution in [2.75, 3.05) is 33.2 Å². The summed E-state index contributed by atoms with van der Waals surface area (Å²) >= 11 is 0. The Kier molecular flexibility index (Phi) is 4.97. The van der Waals surface area contributed by atoms with E-state index in [1.54, 1.807) is 10.7 Å². The summed E-state index contributed by atoms with van der Waals surface area (Å²) in [5.41, 5.74) is 1.89. The lowest BCUT2D eigenvalue weighted by Gasteiger charge is -2.49. The third-order valence-electron chi connectivity index (χ3n) is 5.92. The van der Waals surface area contributed by atoms with Crippen molar-refractivity contribution in [3.05, 3.63) is 48.0 Å². The summed E-state index contributed by atoms with van der Waals surface area (Å²) < 4.78 is 15.2. The number of carbonyl (C=O) groups excluding carboxylic acids is 1. The summed E-state index contributed by atoms with van der Waals surface area (Å²) in [6.45, 7) is 4.49. The molecular weight excluding hydrogens is 345 g/mol. The van der Waals surface area contributed by atoms with Gasteiger partial charge in [0.05, 0.1) is 11.9 Å². The van der Waals surface area contributed by atoms with Crippen LogP contribution in [0.15, 0.2) is 36.7 Å². The molecule has 144 valence electrons. The number of amides is 1. The van der Waals surface area contributed by atoms with Crippen LogP contribution in [0, 0.1) is 5.82 Å². The first-order valence-electron chi connectivity index (χ1n) is 9.54. The molecule has 1 N–H and O–H groups in total. The lowest BCUT2D eigenvalue weighted by atomic mass is 9.86. The molecule has 3 heterocycles. The summed E-state index contributed by atoms with van der Waals surface area (Å²) in [6.07, 6.45) is 6.30. The van der Waals surface area contributed by atoms with Crippen LogP contribution >= 0.6 is 0 Å². The zero-order valence-electron chi connectivity index (χ0n) is 15.7. The quantitative estimate of drug-likeness (QED) is 0.894. The lowest BCUT2D eigenvalue weighted by molar-refractivity contribution is -0.121. The smallest absolute Gasteiger partial charge is 0.220 e. The van der Waals surface area contributed by atoms with E-state index in [9.17, 15) is 9.18 Å². The number of hydrogen-bond acceptors (Lipinski definition) is 4. The third kappa shape index (κ3) is 3.89. The number of carbonyl (C=O) groups is 1. The van der Waals surface area contributed by atoms with E-state index in [0.717, 1.165) is 56.8 Å². The number of likely N-dealkylation sites (N-methyl/N-ethyl adjacent to an activating group) is 1. The van der Waals surface area contributed by atoms with Gasteiger partial charge in [-0.05, 0) is 38.1 Å². The van der Waals surface area contributed by atoms with Gasteiger partial charge in [0.1, 0.15) is 5.82 Å². The molecule has 1 amide bonds. The minimum atomic E-state index is -0.262. The van der Waals surface area contributed by atoms with Crippen LogP contribution in [0.1, 0.15) is 24.8 Å². The van der Waals surface area contributed by atoms with Crippen LogP contribution in [0.25, 0.3) is 5.69 Å². The van der Waals surface area contributed by atoms with Gasteiger partial charge in [0, 0.05) is 56.4 Å². The van der Waals surface area contributed by atoms with Gasteiger partial charge in [-0.25, -0.2) is 9.07 Å². The fourth-order valence-electron chi connectivity index (χ4n) is 4.27. The lowest BCUT2D eigenvalue weighted by Crippen LogP contribution is -2.60. The van der Waals surface area contributed by atoms with Crippen molar-refractivity contribution < 1.29 is 9.18 Å². The Bertz CT molecular complexity index is 822. The van der Waals surface area contributed by atoms with Crippen LogP contribution in [0.4, 0.5) is 4.39 Å². The highest BCUT2D eigenvalue weighted by Gasteiger charge is 2.40. The highest BCUT2D eigenvalue weighted by atomic mass is 19.1. The SMILES string of the molecule is CN1CCN(Cc2cnn(-c3cccc(F)c3)c2)CC12CCNC(=O)CC2. The number of nitrogens with zero attached hydrogens (tertiary/aromatic N) is 4. The number of hydrogen-bond donors (Lipinski definition) is 1. The highest BCUT2D eigenvalue weighted by molar-refractivity contribution is 5.76. The molecule has 1 unspecified atom stereocenters. The molecule has 2 aliphatic rings. The van der Waals surface area contributed by atoms with E-state index in [1.165, 1.54) is 12.1 Å². The van der Waals surface area contributed by atoms with E-state index < -0.39 is 0 Å². The van der Waals surface area contributed by atoms with Gasteiger partial charge >= 0.3 is 0 Å². The van der Waals surface area contributed by atoms with Crippen LogP contribution in [0.2, 0.25) is 0 Å². The predicted octanol–water partition coefficient (Wildman–Crippen LogP) is 1.80. The van der Waals surface area contributed by atoms with E-state index in [2.05, 4.69) is 27.3 Å². The van der Waals surface area contributed by atoms with Gasteiger partial charge in [0.25, 0.3) is 0 Å². The molecule has 0 saturated carbocycles. The number of nitrogens with one attached hydrogen (secondary N) is 1. The largest absolute Gasteiger partial charge is 0.356 e. The molecule has 0 bridgehead atoms. The summed E-state index contributed by atoms with van der Waals surface area (Å²) in [4.78, 5) is 16.6. The van der Waals surface area contributed by atoms with E-state index in [1.807, 2.05) is 18.5 Å². The zero-order chi connectivity index (χ0) is 18.9. The second-order valence-corrected chi connectivity index (χ2v) is 7.73. The van der Waals surface area contributed by atoms with Crippen molar-refractivity contribution in [2.45, 2.75) is 31.3 Å². The topological polar surface area (TPSA) is 53.4 Å². The molecule has 6 nitrogen and oxygen atoms in total. The predicted molar refractivity (Wildman–Crippen MR) is 101 cm³/mol. The van der Waals surface area contributed by atoms with Gasteiger partial charge in [-0.2, -0.15) is 5.10 Å². The number of halogens is 1. The van der Waals surface area contributed by atoms with Gasteiger partial charge in [0.15, 0.2) is 0 Å². The van der Waals surface area contributed by atoms with E-state index in [0.29, 0.717) is 6.42 Å². The Balaban J connectivity index is 1.46. The minimum Gasteiger partial charge on any atom is -0.356 e. The Hall–Kier alpha value is -2.25. The molecule has 2 aliphatic heterocycles. The van der Waals surface area contributed by atoms with Crippen molar-refractivity contribution in [1.29, 1.82) is 0 Å². The number of piperazine rings is 1.